The number of nitrogens with two attached hydrogens (primary N) is 7. The number of aromatic nitrogens is 2. The van der Waals surface area contributed by atoms with Gasteiger partial charge < -0.3 is 130 Å². The first-order valence-electron chi connectivity index (χ1n) is 41.1. The third-order valence-corrected chi connectivity index (χ3v) is 20.0. The number of carbonyl (C=O) groups excluding carboxylic acids is 15. The Kier molecular flexibility index (Phi) is 50.1. The zero-order chi connectivity index (χ0) is 90.1. The van der Waals surface area contributed by atoms with Crippen LogP contribution in [-0.4, -0.2) is 245 Å². The Morgan fingerprint density at radius 3 is 1.33 bits per heavy atom. The number of hydrogen-bond donors (Lipinski definition) is 24. The fourth-order valence-electron chi connectivity index (χ4n) is 12.2. The lowest BCUT2D eigenvalue weighted by Crippen LogP contribution is -2.61. The highest BCUT2D eigenvalue weighted by atomic mass is 16.4. The first-order valence-corrected chi connectivity index (χ1v) is 41.1. The number of nitrogens with one attached hydrogen (secondary N) is 15. The molecule has 1 aromatic heterocycles. The zero-order valence-corrected chi connectivity index (χ0v) is 70.6. The van der Waals surface area contributed by atoms with Crippen molar-refractivity contribution in [2.24, 2.45) is 68.8 Å². The number of unbranched alkanes of at least 4 members (excludes halogenated alkanes) is 3. The summed E-state index contributed by atoms with van der Waals surface area (Å²) in [6.45, 7) is 13.4. The maximum Gasteiger partial charge on any atom is 0.326 e. The number of H-pyrrole nitrogens is 1. The Morgan fingerprint density at radius 2 is 0.850 bits per heavy atom. The number of aliphatic hydroxyl groups is 1. The van der Waals surface area contributed by atoms with Crippen molar-refractivity contribution in [1.82, 2.24) is 84.4 Å². The van der Waals surface area contributed by atoms with Crippen molar-refractivity contribution in [1.29, 1.82) is 0 Å². The molecule has 16 unspecified atom stereocenters. The number of aliphatic imine (C=N–C) groups is 1. The van der Waals surface area contributed by atoms with Gasteiger partial charge >= 0.3 is 5.97 Å². The lowest BCUT2D eigenvalue weighted by molar-refractivity contribution is -0.142. The van der Waals surface area contributed by atoms with Crippen LogP contribution in [0.3, 0.4) is 0 Å². The normalized spacial score (nSPS) is 15.2. The molecule has 0 saturated carbocycles. The molecule has 674 valence electrons. The van der Waals surface area contributed by atoms with E-state index in [1.54, 1.807) is 85.7 Å². The second kappa shape index (κ2) is 57.2. The Morgan fingerprint density at radius 1 is 0.442 bits per heavy atom. The minimum atomic E-state index is -1.63. The van der Waals surface area contributed by atoms with Crippen LogP contribution in [0.25, 0.3) is 0 Å². The number of benzene rings is 1. The molecule has 120 heavy (non-hydrogen) atoms. The average Bonchev–Trinajstić information content (AvgIpc) is 1.24. The summed E-state index contributed by atoms with van der Waals surface area (Å²) >= 11 is 0. The van der Waals surface area contributed by atoms with Crippen molar-refractivity contribution in [2.45, 2.75) is 263 Å². The molecule has 0 saturated heterocycles. The molecule has 0 spiro atoms. The molecular formula is C78H134N24O18. The number of primary amides is 1. The van der Waals surface area contributed by atoms with Gasteiger partial charge in [0, 0.05) is 37.7 Å². The van der Waals surface area contributed by atoms with E-state index in [0.717, 1.165) is 0 Å². The molecule has 2 rings (SSSR count). The van der Waals surface area contributed by atoms with E-state index in [9.17, 15) is 86.9 Å². The van der Waals surface area contributed by atoms with Crippen LogP contribution in [0.2, 0.25) is 0 Å². The average molecular weight is 1700 g/mol. The summed E-state index contributed by atoms with van der Waals surface area (Å²) in [7, 11) is 0. The predicted octanol–water partition coefficient (Wildman–Crippen LogP) is -5.44. The number of aromatic amines is 1. The van der Waals surface area contributed by atoms with Gasteiger partial charge in [-0.05, 0) is 133 Å². The SMILES string of the molecule is CCC(C)C(NC(=O)CNC(=O)C(C)NC(=O)CNC(=O)C(NC(=O)C(NC(=O)C(CO)NC(=O)C(Cc1cnc[nH]1)NC(=O)C(N)CCCCN)C(C)CC)C(C)CC)C(=O)NC(CCCCN)C(=O)NC(CCCCN)C(=O)NC(CCCN=C(N)N)C(=O)NC(Cc1ccccc1)C(=O)NC(CC(C)C)C(=O)NC(CCC(N)=O)C(=O)O. The summed E-state index contributed by atoms with van der Waals surface area (Å²) in [4.78, 5) is 230. The molecule has 31 N–H and O–H groups in total. The number of carboxylic acids is 1. The summed E-state index contributed by atoms with van der Waals surface area (Å²) in [6, 6.07) is -9.25. The number of aliphatic carboxylic acids is 1. The summed E-state index contributed by atoms with van der Waals surface area (Å²) in [6.07, 6.45) is 5.50. The number of rotatable bonds is 61. The van der Waals surface area contributed by atoms with E-state index in [2.05, 4.69) is 89.4 Å². The highest BCUT2D eigenvalue weighted by Gasteiger charge is 2.39. The lowest BCUT2D eigenvalue weighted by Gasteiger charge is -2.30. The summed E-state index contributed by atoms with van der Waals surface area (Å²) < 4.78 is 0. The molecule has 0 fully saturated rings. The maximum atomic E-state index is 14.7. The number of hydrogen-bond acceptors (Lipinski definition) is 23. The van der Waals surface area contributed by atoms with Crippen molar-refractivity contribution in [2.75, 3.05) is 45.9 Å². The maximum absolute atomic E-state index is 14.7. The summed E-state index contributed by atoms with van der Waals surface area (Å²) in [5.41, 5.74) is 40.9. The molecule has 0 radical (unpaired) electrons. The van der Waals surface area contributed by atoms with Gasteiger partial charge in [0.15, 0.2) is 5.96 Å². The standard InChI is InChI=1S/C78H134N24O18/c1-10-44(6)62(102-76(118)64(46(8)12-3)101-73(115)58(41-103)99-72(114)57(37-49-38-86-42-90-49)96-66(108)50(82)25-16-19-31-79)74(116)89-39-60(105)91-47(9)65(107)88-40-61(106)100-63(45(7)11-2)75(117)94-52(27-18-21-33-81)68(110)92-51(26-17-20-32-80)67(109)93-53(28-22-34-87-78(84)85)69(111)98-56(36-48-23-14-13-15-24-48)71(113)97-55(35-43(4)5)70(112)95-54(77(119)120)29-30-59(83)104/h13-15,23-24,38,42-47,50-58,62-64,103H,10-12,16-22,25-37,39-41,79-82H2,1-9H3,(H2,83,104)(H,86,90)(H,88,107)(H,89,116)(H,91,105)(H,92,110)(H,93,109)(H,94,117)(H,95,112)(H,96,108)(H,97,113)(H,98,111)(H,99,114)(H,100,106)(H,101,115)(H,102,118)(H,119,120)(H4,84,85,87). The minimum absolute atomic E-state index is 0.00691. The van der Waals surface area contributed by atoms with Gasteiger partial charge in [-0.15, -0.1) is 0 Å². The van der Waals surface area contributed by atoms with Crippen molar-refractivity contribution < 1.29 is 86.9 Å². The van der Waals surface area contributed by atoms with Crippen molar-refractivity contribution in [3.8, 4) is 0 Å². The van der Waals surface area contributed by atoms with Gasteiger partial charge in [0.2, 0.25) is 88.6 Å². The van der Waals surface area contributed by atoms with Crippen LogP contribution in [0.4, 0.5) is 0 Å². The van der Waals surface area contributed by atoms with E-state index >= 15 is 0 Å². The molecule has 1 heterocycles. The van der Waals surface area contributed by atoms with Crippen molar-refractivity contribution in [3.05, 3.63) is 54.1 Å². The number of carbonyl (C=O) groups is 16. The van der Waals surface area contributed by atoms with Gasteiger partial charge in [-0.25, -0.2) is 9.78 Å². The van der Waals surface area contributed by atoms with Crippen LogP contribution < -0.4 is 115 Å². The third kappa shape index (κ3) is 40.2. The smallest absolute Gasteiger partial charge is 0.326 e. The molecule has 0 aliphatic carbocycles. The molecule has 0 bridgehead atoms. The van der Waals surface area contributed by atoms with Gasteiger partial charge in [-0.1, -0.05) is 111 Å². The Labute approximate surface area is 700 Å². The third-order valence-electron chi connectivity index (χ3n) is 20.0. The second-order valence-corrected chi connectivity index (χ2v) is 30.4. The molecule has 15 amide bonds. The predicted molar refractivity (Wildman–Crippen MR) is 445 cm³/mol. The van der Waals surface area contributed by atoms with E-state index in [1.807, 2.05) is 0 Å². The van der Waals surface area contributed by atoms with Crippen molar-refractivity contribution in [3.63, 3.8) is 0 Å². The fraction of sp³-hybridized carbons (Fsp3) is 0.667. The molecule has 0 aliphatic rings. The first kappa shape index (κ1) is 105. The van der Waals surface area contributed by atoms with Gasteiger partial charge in [-0.2, -0.15) is 0 Å². The largest absolute Gasteiger partial charge is 0.480 e. The quantitative estimate of drug-likeness (QED) is 0.0167. The number of carboxylic acid groups (broad SMARTS) is 1. The monoisotopic (exact) mass is 1700 g/mol. The van der Waals surface area contributed by atoms with Crippen LogP contribution in [0.1, 0.15) is 183 Å². The minimum Gasteiger partial charge on any atom is -0.480 e. The van der Waals surface area contributed by atoms with Crippen LogP contribution in [-0.2, 0) is 89.6 Å². The molecular weight excluding hydrogens is 1560 g/mol. The Balaban J connectivity index is 2.32. The van der Waals surface area contributed by atoms with E-state index < -0.39 is 211 Å². The summed E-state index contributed by atoms with van der Waals surface area (Å²) in [5, 5.41) is 56.3. The lowest BCUT2D eigenvalue weighted by atomic mass is 9.94. The highest BCUT2D eigenvalue weighted by molar-refractivity contribution is 6.00. The van der Waals surface area contributed by atoms with Gasteiger partial charge in [0.05, 0.1) is 32.1 Å². The van der Waals surface area contributed by atoms with Crippen LogP contribution in [0, 0.1) is 23.7 Å². The van der Waals surface area contributed by atoms with Gasteiger partial charge in [0.1, 0.15) is 72.5 Å². The number of aliphatic hydroxyl groups excluding tert-OH is 1. The highest BCUT2D eigenvalue weighted by Crippen LogP contribution is 2.17. The molecule has 16 atom stereocenters. The number of guanidine groups is 1. The van der Waals surface area contributed by atoms with Gasteiger partial charge in [-0.3, -0.25) is 76.9 Å². The molecule has 42 nitrogen and oxygen atoms in total. The molecule has 42 heteroatoms. The van der Waals surface area contributed by atoms with Gasteiger partial charge in [0.25, 0.3) is 0 Å². The van der Waals surface area contributed by atoms with Crippen LogP contribution in [0.5, 0.6) is 0 Å². The first-order chi connectivity index (χ1) is 56.9. The van der Waals surface area contributed by atoms with E-state index in [-0.39, 0.29) is 102 Å². The molecule has 1 aromatic carbocycles. The topological polar surface area (TPSA) is 705 Å². The van der Waals surface area contributed by atoms with E-state index in [0.29, 0.717) is 69.2 Å². The van der Waals surface area contributed by atoms with Crippen molar-refractivity contribution >= 4 is 101 Å². The number of imidazole rings is 1. The van der Waals surface area contributed by atoms with Crippen LogP contribution in [0.15, 0.2) is 47.8 Å². The molecule has 2 aromatic rings. The number of nitrogens with zero attached hydrogens (tertiary/aromatic N) is 2. The van der Waals surface area contributed by atoms with E-state index in [1.165, 1.54) is 19.4 Å². The Hall–Kier alpha value is -11.0. The summed E-state index contributed by atoms with van der Waals surface area (Å²) in [5.74, 6) is -16.4. The zero-order valence-electron chi connectivity index (χ0n) is 70.6. The van der Waals surface area contributed by atoms with Crippen LogP contribution >= 0.6 is 0 Å². The Bertz CT molecular complexity index is 3630. The fourth-order valence-corrected chi connectivity index (χ4v) is 12.2. The number of amides is 15. The second-order valence-electron chi connectivity index (χ2n) is 30.4. The van der Waals surface area contributed by atoms with E-state index in [4.69, 9.17) is 40.1 Å². The molecule has 0 aliphatic heterocycles.